The number of hydrogen-bond acceptors (Lipinski definition) is 2. The number of benzene rings is 2. The maximum atomic E-state index is 14.5. The Labute approximate surface area is 165 Å². The molecule has 4 heteroatoms. The molecule has 2 aromatic carbocycles. The Morgan fingerprint density at radius 2 is 1.79 bits per heavy atom. The van der Waals surface area contributed by atoms with Gasteiger partial charge in [-0.05, 0) is 48.4 Å². The fraction of sp³-hybridized carbons (Fsp3) is 0.333. The summed E-state index contributed by atoms with van der Waals surface area (Å²) in [5.74, 6) is -2.05. The molecule has 2 unspecified atom stereocenters. The number of hydrogen-bond donors (Lipinski definition) is 0. The zero-order valence-corrected chi connectivity index (χ0v) is 16.0. The van der Waals surface area contributed by atoms with Gasteiger partial charge in [0, 0.05) is 5.92 Å². The third-order valence-electron chi connectivity index (χ3n) is 5.14. The van der Waals surface area contributed by atoms with Crippen LogP contribution in [0.2, 0.25) is 0 Å². The van der Waals surface area contributed by atoms with Crippen LogP contribution in [0.15, 0.2) is 61.7 Å². The molecule has 0 aliphatic carbocycles. The molecule has 1 fully saturated rings. The number of allylic oxidation sites excluding steroid dienone is 1. The maximum absolute atomic E-state index is 14.5. The molecule has 1 saturated heterocycles. The molecule has 1 aliphatic heterocycles. The van der Waals surface area contributed by atoms with Gasteiger partial charge in [0.1, 0.15) is 6.61 Å². The minimum atomic E-state index is -0.948. The number of halogens is 2. The van der Waals surface area contributed by atoms with Gasteiger partial charge < -0.3 is 9.47 Å². The summed E-state index contributed by atoms with van der Waals surface area (Å²) in [6, 6.07) is 11.5. The highest BCUT2D eigenvalue weighted by Gasteiger charge is 2.28. The Kier molecular flexibility index (Phi) is 6.99. The molecule has 0 spiro atoms. The van der Waals surface area contributed by atoms with E-state index in [1.54, 1.807) is 6.07 Å². The van der Waals surface area contributed by atoms with E-state index in [4.69, 9.17) is 9.47 Å². The second-order valence-electron chi connectivity index (χ2n) is 7.05. The molecule has 1 aliphatic rings. The molecule has 0 bridgehead atoms. The van der Waals surface area contributed by atoms with E-state index in [1.165, 1.54) is 17.7 Å². The maximum Gasteiger partial charge on any atom is 0.200 e. The van der Waals surface area contributed by atoms with Crippen molar-refractivity contribution in [3.8, 4) is 5.75 Å². The summed E-state index contributed by atoms with van der Waals surface area (Å²) < 4.78 is 39.9. The Balaban J connectivity index is 1.63. The highest BCUT2D eigenvalue weighted by Crippen LogP contribution is 2.37. The van der Waals surface area contributed by atoms with Crippen LogP contribution < -0.4 is 4.74 Å². The SMILES string of the molecule is C=CCCc1ccc(C2CCC(c3ccc(OCC=C)c(F)c3F)CO2)cc1. The van der Waals surface area contributed by atoms with E-state index >= 15 is 0 Å². The molecule has 148 valence electrons. The predicted molar refractivity (Wildman–Crippen MR) is 108 cm³/mol. The van der Waals surface area contributed by atoms with Crippen LogP contribution in [0.3, 0.4) is 0 Å². The summed E-state index contributed by atoms with van der Waals surface area (Å²) in [5, 5.41) is 0. The fourth-order valence-corrected chi connectivity index (χ4v) is 3.55. The van der Waals surface area contributed by atoms with Crippen molar-refractivity contribution in [2.75, 3.05) is 13.2 Å². The third kappa shape index (κ3) is 4.68. The van der Waals surface area contributed by atoms with Gasteiger partial charge in [0.15, 0.2) is 11.6 Å². The van der Waals surface area contributed by atoms with Crippen LogP contribution in [0.5, 0.6) is 5.75 Å². The molecule has 0 N–H and O–H groups in total. The zero-order chi connectivity index (χ0) is 19.9. The van der Waals surface area contributed by atoms with Crippen molar-refractivity contribution in [1.29, 1.82) is 0 Å². The van der Waals surface area contributed by atoms with Crippen molar-refractivity contribution < 1.29 is 18.3 Å². The first-order valence-corrected chi connectivity index (χ1v) is 9.67. The molecule has 2 aromatic rings. The van der Waals surface area contributed by atoms with Crippen molar-refractivity contribution in [3.05, 3.63) is 90.0 Å². The van der Waals surface area contributed by atoms with Gasteiger partial charge in [-0.1, -0.05) is 49.1 Å². The second-order valence-corrected chi connectivity index (χ2v) is 7.05. The average molecular weight is 384 g/mol. The summed E-state index contributed by atoms with van der Waals surface area (Å²) >= 11 is 0. The predicted octanol–water partition coefficient (Wildman–Crippen LogP) is 6.28. The summed E-state index contributed by atoms with van der Waals surface area (Å²) in [4.78, 5) is 0. The second kappa shape index (κ2) is 9.65. The minimum Gasteiger partial charge on any atom is -0.486 e. The first kappa shape index (κ1) is 20.3. The average Bonchev–Trinajstić information content (AvgIpc) is 2.74. The highest BCUT2D eigenvalue weighted by atomic mass is 19.2. The van der Waals surface area contributed by atoms with E-state index in [9.17, 15) is 8.78 Å². The first-order chi connectivity index (χ1) is 13.6. The lowest BCUT2D eigenvalue weighted by molar-refractivity contribution is 0.00160. The molecule has 2 atom stereocenters. The Morgan fingerprint density at radius 3 is 2.43 bits per heavy atom. The van der Waals surface area contributed by atoms with Gasteiger partial charge in [0.25, 0.3) is 0 Å². The molecule has 0 saturated carbocycles. The lowest BCUT2D eigenvalue weighted by Gasteiger charge is -2.30. The van der Waals surface area contributed by atoms with E-state index < -0.39 is 11.6 Å². The van der Waals surface area contributed by atoms with Gasteiger partial charge in [0.2, 0.25) is 5.82 Å². The molecular formula is C24H26F2O2. The molecule has 2 nitrogen and oxygen atoms in total. The van der Waals surface area contributed by atoms with Gasteiger partial charge in [-0.25, -0.2) is 4.39 Å². The Bertz CT molecular complexity index is 806. The highest BCUT2D eigenvalue weighted by molar-refractivity contribution is 5.34. The summed E-state index contributed by atoms with van der Waals surface area (Å²) in [7, 11) is 0. The molecule has 0 aromatic heterocycles. The van der Waals surface area contributed by atoms with Crippen LogP contribution in [0, 0.1) is 11.6 Å². The van der Waals surface area contributed by atoms with Crippen LogP contribution >= 0.6 is 0 Å². The topological polar surface area (TPSA) is 18.5 Å². The van der Waals surface area contributed by atoms with Crippen molar-refractivity contribution in [2.24, 2.45) is 0 Å². The summed E-state index contributed by atoms with van der Waals surface area (Å²) in [5.41, 5.74) is 2.75. The lowest BCUT2D eigenvalue weighted by Crippen LogP contribution is -2.20. The normalized spacial score (nSPS) is 19.2. The minimum absolute atomic E-state index is 0.00666. The van der Waals surface area contributed by atoms with Crippen LogP contribution in [0.4, 0.5) is 8.78 Å². The summed E-state index contributed by atoms with van der Waals surface area (Å²) in [6.45, 7) is 7.76. The molecule has 3 rings (SSSR count). The van der Waals surface area contributed by atoms with Crippen LogP contribution in [-0.4, -0.2) is 13.2 Å². The third-order valence-corrected chi connectivity index (χ3v) is 5.14. The van der Waals surface area contributed by atoms with Crippen molar-refractivity contribution in [3.63, 3.8) is 0 Å². The number of ether oxygens (including phenoxy) is 2. The standard InChI is InChI=1S/C24H26F2O2/c1-3-5-6-17-7-9-18(10-8-17)21-13-11-19(16-28-21)20-12-14-22(27-15-4-2)24(26)23(20)25/h3-4,7-10,12,14,19,21H,1-2,5-6,11,13,15-16H2. The van der Waals surface area contributed by atoms with E-state index in [1.807, 2.05) is 6.08 Å². The van der Waals surface area contributed by atoms with Gasteiger partial charge in [0.05, 0.1) is 12.7 Å². The van der Waals surface area contributed by atoms with Gasteiger partial charge in [-0.15, -0.1) is 6.58 Å². The van der Waals surface area contributed by atoms with Gasteiger partial charge in [-0.2, -0.15) is 4.39 Å². The van der Waals surface area contributed by atoms with Crippen LogP contribution in [0.1, 0.15) is 48.0 Å². The van der Waals surface area contributed by atoms with Crippen molar-refractivity contribution in [1.82, 2.24) is 0 Å². The van der Waals surface area contributed by atoms with E-state index in [2.05, 4.69) is 37.4 Å². The van der Waals surface area contributed by atoms with Gasteiger partial charge >= 0.3 is 0 Å². The number of aryl methyl sites for hydroxylation is 1. The fourth-order valence-electron chi connectivity index (χ4n) is 3.55. The number of rotatable bonds is 8. The first-order valence-electron chi connectivity index (χ1n) is 9.67. The Morgan fingerprint density at radius 1 is 1.00 bits per heavy atom. The van der Waals surface area contributed by atoms with E-state index in [0.717, 1.165) is 31.2 Å². The molecule has 28 heavy (non-hydrogen) atoms. The van der Waals surface area contributed by atoms with Crippen LogP contribution in [-0.2, 0) is 11.2 Å². The monoisotopic (exact) mass is 384 g/mol. The molecule has 0 radical (unpaired) electrons. The zero-order valence-electron chi connectivity index (χ0n) is 16.0. The quantitative estimate of drug-likeness (QED) is 0.499. The Hall–Kier alpha value is -2.46. The lowest BCUT2D eigenvalue weighted by atomic mass is 9.89. The largest absolute Gasteiger partial charge is 0.486 e. The summed E-state index contributed by atoms with van der Waals surface area (Å²) in [6.07, 6.45) is 6.85. The van der Waals surface area contributed by atoms with E-state index in [-0.39, 0.29) is 24.4 Å². The molecule has 0 amide bonds. The van der Waals surface area contributed by atoms with Gasteiger partial charge in [-0.3, -0.25) is 0 Å². The molecule has 1 heterocycles. The van der Waals surface area contributed by atoms with Crippen LogP contribution in [0.25, 0.3) is 0 Å². The molecular weight excluding hydrogens is 358 g/mol. The van der Waals surface area contributed by atoms with Crippen molar-refractivity contribution in [2.45, 2.75) is 37.7 Å². The van der Waals surface area contributed by atoms with E-state index in [0.29, 0.717) is 12.2 Å². The van der Waals surface area contributed by atoms with Crippen molar-refractivity contribution >= 4 is 0 Å². The smallest absolute Gasteiger partial charge is 0.200 e.